The second-order valence-corrected chi connectivity index (χ2v) is 3.40. The van der Waals surface area contributed by atoms with E-state index in [0.717, 1.165) is 41.3 Å². The minimum Gasteiger partial charge on any atom is -0.457 e. The summed E-state index contributed by atoms with van der Waals surface area (Å²) in [5, 5.41) is 7.42. The van der Waals surface area contributed by atoms with Gasteiger partial charge in [0.15, 0.2) is 0 Å². The van der Waals surface area contributed by atoms with Gasteiger partial charge >= 0.3 is 0 Å². The van der Waals surface area contributed by atoms with Gasteiger partial charge in [-0.1, -0.05) is 6.07 Å². The predicted molar refractivity (Wildman–Crippen MR) is 56.0 cm³/mol. The summed E-state index contributed by atoms with van der Waals surface area (Å²) in [6, 6.07) is 5.73. The van der Waals surface area contributed by atoms with Gasteiger partial charge in [-0.15, -0.1) is 0 Å². The summed E-state index contributed by atoms with van der Waals surface area (Å²) in [4.78, 5) is 0. The number of nitrogens with two attached hydrogens (primary N) is 1. The average Bonchev–Trinajstić information content (AvgIpc) is 2.57. The lowest BCUT2D eigenvalue weighted by Crippen LogP contribution is -2.26. The van der Waals surface area contributed by atoms with E-state index in [1.807, 2.05) is 18.2 Å². The van der Waals surface area contributed by atoms with Crippen molar-refractivity contribution in [3.8, 4) is 0 Å². The number of nitrogen functional groups attached to an aromatic ring is 1. The van der Waals surface area contributed by atoms with Crippen molar-refractivity contribution in [1.82, 2.24) is 5.32 Å². The van der Waals surface area contributed by atoms with Crippen LogP contribution in [0.1, 0.15) is 5.76 Å². The van der Waals surface area contributed by atoms with E-state index in [1.54, 1.807) is 0 Å². The molecule has 1 aromatic heterocycles. The number of hydrogen-bond donors (Lipinski definition) is 3. The van der Waals surface area contributed by atoms with Crippen LogP contribution in [-0.4, -0.2) is 6.67 Å². The fourth-order valence-electron chi connectivity index (χ4n) is 1.86. The highest BCUT2D eigenvalue weighted by Crippen LogP contribution is 2.35. The van der Waals surface area contributed by atoms with Gasteiger partial charge in [-0.25, -0.2) is 0 Å². The summed E-state index contributed by atoms with van der Waals surface area (Å²) in [6.07, 6.45) is 0. The first-order valence-corrected chi connectivity index (χ1v) is 4.61. The van der Waals surface area contributed by atoms with Crippen molar-refractivity contribution in [2.45, 2.75) is 6.54 Å². The standard InChI is InChI=1S/C10H11N3O/c11-6-2-1-3-7-9(6)10-8(14-7)4-12-5-13-10/h1-3,12-13H,4-5,11H2. The fraction of sp³-hybridized carbons (Fsp3) is 0.200. The SMILES string of the molecule is Nc1cccc2oc3c(c12)NCNC3. The Kier molecular flexibility index (Phi) is 1.46. The Balaban J connectivity index is 2.38. The maximum atomic E-state index is 5.90. The molecule has 1 aromatic carbocycles. The highest BCUT2D eigenvalue weighted by molar-refractivity contribution is 6.01. The highest BCUT2D eigenvalue weighted by atomic mass is 16.3. The van der Waals surface area contributed by atoms with Gasteiger partial charge in [0.1, 0.15) is 11.3 Å². The maximum Gasteiger partial charge on any atom is 0.142 e. The second-order valence-electron chi connectivity index (χ2n) is 3.40. The van der Waals surface area contributed by atoms with E-state index in [9.17, 15) is 0 Å². The molecule has 0 aliphatic carbocycles. The van der Waals surface area contributed by atoms with Crippen molar-refractivity contribution in [2.24, 2.45) is 0 Å². The number of rotatable bonds is 0. The molecule has 0 unspecified atom stereocenters. The average molecular weight is 189 g/mol. The number of nitrogens with one attached hydrogen (secondary N) is 2. The summed E-state index contributed by atoms with van der Waals surface area (Å²) in [5.41, 5.74) is 8.56. The van der Waals surface area contributed by atoms with Gasteiger partial charge in [0.2, 0.25) is 0 Å². The molecular formula is C10H11N3O. The zero-order chi connectivity index (χ0) is 9.54. The molecule has 1 aliphatic heterocycles. The van der Waals surface area contributed by atoms with Crippen LogP contribution < -0.4 is 16.4 Å². The van der Waals surface area contributed by atoms with Crippen LogP contribution in [0.25, 0.3) is 11.0 Å². The molecule has 0 atom stereocenters. The Morgan fingerprint density at radius 3 is 3.21 bits per heavy atom. The number of furan rings is 1. The molecule has 4 N–H and O–H groups in total. The Morgan fingerprint density at radius 2 is 2.29 bits per heavy atom. The van der Waals surface area contributed by atoms with Crippen molar-refractivity contribution in [3.63, 3.8) is 0 Å². The van der Waals surface area contributed by atoms with Crippen LogP contribution in [-0.2, 0) is 6.54 Å². The highest BCUT2D eigenvalue weighted by Gasteiger charge is 2.18. The van der Waals surface area contributed by atoms with E-state index >= 15 is 0 Å². The zero-order valence-electron chi connectivity index (χ0n) is 7.63. The van der Waals surface area contributed by atoms with Crippen LogP contribution >= 0.6 is 0 Å². The molecule has 3 rings (SSSR count). The molecule has 2 heterocycles. The van der Waals surface area contributed by atoms with Gasteiger partial charge in [0.25, 0.3) is 0 Å². The Labute approximate surface area is 81.1 Å². The van der Waals surface area contributed by atoms with Gasteiger partial charge < -0.3 is 15.5 Å². The minimum atomic E-state index is 0.760. The van der Waals surface area contributed by atoms with Crippen LogP contribution in [0, 0.1) is 0 Å². The fourth-order valence-corrected chi connectivity index (χ4v) is 1.86. The van der Waals surface area contributed by atoms with Crippen molar-refractivity contribution >= 4 is 22.3 Å². The molecule has 2 aromatic rings. The lowest BCUT2D eigenvalue weighted by Gasteiger charge is -2.13. The lowest BCUT2D eigenvalue weighted by molar-refractivity contribution is 0.511. The molecule has 0 amide bonds. The molecule has 1 aliphatic rings. The van der Waals surface area contributed by atoms with Crippen LogP contribution in [0.2, 0.25) is 0 Å². The van der Waals surface area contributed by atoms with E-state index in [0.29, 0.717) is 0 Å². The van der Waals surface area contributed by atoms with E-state index in [4.69, 9.17) is 10.2 Å². The number of hydrogen-bond acceptors (Lipinski definition) is 4. The van der Waals surface area contributed by atoms with E-state index in [1.165, 1.54) is 0 Å². The second kappa shape index (κ2) is 2.65. The molecule has 0 bridgehead atoms. The summed E-state index contributed by atoms with van der Waals surface area (Å²) in [7, 11) is 0. The van der Waals surface area contributed by atoms with Gasteiger partial charge in [0, 0.05) is 5.69 Å². The van der Waals surface area contributed by atoms with Gasteiger partial charge in [-0.3, -0.25) is 5.32 Å². The van der Waals surface area contributed by atoms with E-state index < -0.39 is 0 Å². The van der Waals surface area contributed by atoms with E-state index in [2.05, 4.69) is 10.6 Å². The van der Waals surface area contributed by atoms with Crippen LogP contribution in [0.3, 0.4) is 0 Å². The first kappa shape index (κ1) is 7.70. The summed E-state index contributed by atoms with van der Waals surface area (Å²) in [5.74, 6) is 0.934. The molecule has 4 heteroatoms. The topological polar surface area (TPSA) is 63.2 Å². The normalized spacial score (nSPS) is 15.1. The van der Waals surface area contributed by atoms with Crippen LogP contribution in [0.15, 0.2) is 22.6 Å². The van der Waals surface area contributed by atoms with Crippen LogP contribution in [0.4, 0.5) is 11.4 Å². The monoisotopic (exact) mass is 189 g/mol. The molecular weight excluding hydrogens is 178 g/mol. The summed E-state index contributed by atoms with van der Waals surface area (Å²) < 4.78 is 5.67. The van der Waals surface area contributed by atoms with Crippen molar-refractivity contribution in [3.05, 3.63) is 24.0 Å². The Hall–Kier alpha value is -1.68. The summed E-state index contributed by atoms with van der Waals surface area (Å²) >= 11 is 0. The van der Waals surface area contributed by atoms with Gasteiger partial charge in [0.05, 0.1) is 24.3 Å². The van der Waals surface area contributed by atoms with Crippen molar-refractivity contribution in [1.29, 1.82) is 0 Å². The third-order valence-electron chi connectivity index (χ3n) is 2.50. The number of anilines is 2. The Bertz CT molecular complexity index is 489. The molecule has 4 nitrogen and oxygen atoms in total. The van der Waals surface area contributed by atoms with Crippen molar-refractivity contribution < 1.29 is 4.42 Å². The maximum absolute atomic E-state index is 5.90. The molecule has 0 saturated carbocycles. The van der Waals surface area contributed by atoms with Gasteiger partial charge in [-0.2, -0.15) is 0 Å². The third-order valence-corrected chi connectivity index (χ3v) is 2.50. The largest absolute Gasteiger partial charge is 0.457 e. The number of benzene rings is 1. The predicted octanol–water partition coefficient (Wildman–Crippen LogP) is 1.49. The molecule has 72 valence electrons. The first-order chi connectivity index (χ1) is 6.86. The quantitative estimate of drug-likeness (QED) is 0.549. The molecule has 0 fully saturated rings. The molecule has 14 heavy (non-hydrogen) atoms. The van der Waals surface area contributed by atoms with Crippen molar-refractivity contribution in [2.75, 3.05) is 17.7 Å². The smallest absolute Gasteiger partial charge is 0.142 e. The molecule has 0 spiro atoms. The zero-order valence-corrected chi connectivity index (χ0v) is 7.63. The molecule has 0 radical (unpaired) electrons. The minimum absolute atomic E-state index is 0.760. The number of fused-ring (bicyclic) bond motifs is 3. The first-order valence-electron chi connectivity index (χ1n) is 4.61. The van der Waals surface area contributed by atoms with Crippen LogP contribution in [0.5, 0.6) is 0 Å². The van der Waals surface area contributed by atoms with E-state index in [-0.39, 0.29) is 0 Å². The van der Waals surface area contributed by atoms with Gasteiger partial charge in [-0.05, 0) is 12.1 Å². The third kappa shape index (κ3) is 0.914. The lowest BCUT2D eigenvalue weighted by atomic mass is 10.1. The Morgan fingerprint density at radius 1 is 1.36 bits per heavy atom. The molecule has 0 saturated heterocycles. The summed E-state index contributed by atoms with van der Waals surface area (Å²) in [6.45, 7) is 1.52.